The quantitative estimate of drug-likeness (QED) is 0.766. The molecule has 138 valence electrons. The molecule has 0 unspecified atom stereocenters. The van der Waals surface area contributed by atoms with Crippen LogP contribution < -0.4 is 5.32 Å². The van der Waals surface area contributed by atoms with Crippen LogP contribution in [0.5, 0.6) is 0 Å². The molecule has 0 bridgehead atoms. The fraction of sp³-hybridized carbons (Fsp3) is 0.375. The van der Waals surface area contributed by atoms with Gasteiger partial charge in [0.05, 0.1) is 18.4 Å². The van der Waals surface area contributed by atoms with Crippen LogP contribution in [0.15, 0.2) is 22.9 Å². The van der Waals surface area contributed by atoms with Gasteiger partial charge in [-0.2, -0.15) is 18.3 Å². The van der Waals surface area contributed by atoms with Gasteiger partial charge >= 0.3 is 6.18 Å². The average molecular weight is 367 g/mol. The number of rotatable bonds is 4. The Morgan fingerprint density at radius 3 is 2.69 bits per heavy atom. The van der Waals surface area contributed by atoms with Gasteiger partial charge in [-0.1, -0.05) is 19.0 Å². The first kappa shape index (κ1) is 17.9. The number of halogens is 3. The normalized spacial score (nSPS) is 12.1. The third-order valence-corrected chi connectivity index (χ3v) is 3.73. The molecule has 0 atom stereocenters. The molecule has 0 radical (unpaired) electrons. The summed E-state index contributed by atoms with van der Waals surface area (Å²) in [5.41, 5.74) is -0.317. The molecule has 0 aliphatic rings. The zero-order chi connectivity index (χ0) is 19.1. The monoisotopic (exact) mass is 367 g/mol. The molecule has 3 heterocycles. The third kappa shape index (κ3) is 3.39. The summed E-state index contributed by atoms with van der Waals surface area (Å²) in [4.78, 5) is 16.4. The molecule has 0 saturated heterocycles. The largest absolute Gasteiger partial charge is 0.433 e. The van der Waals surface area contributed by atoms with E-state index in [1.165, 1.54) is 6.92 Å². The lowest BCUT2D eigenvalue weighted by Gasteiger charge is -2.09. The van der Waals surface area contributed by atoms with Crippen molar-refractivity contribution in [2.24, 2.45) is 0 Å². The van der Waals surface area contributed by atoms with E-state index in [1.54, 1.807) is 6.07 Å². The second-order valence-corrected chi connectivity index (χ2v) is 6.13. The summed E-state index contributed by atoms with van der Waals surface area (Å²) in [5.74, 6) is 0.0168. The number of nitrogens with zero attached hydrogens (tertiary/aromatic N) is 4. The molecule has 0 aliphatic heterocycles. The van der Waals surface area contributed by atoms with Crippen LogP contribution in [0.25, 0.3) is 5.65 Å². The minimum Gasteiger partial charge on any atom is -0.359 e. The molecular formula is C16H16F3N5O2. The minimum absolute atomic E-state index is 0.0494. The smallest absolute Gasteiger partial charge is 0.359 e. The first-order valence-corrected chi connectivity index (χ1v) is 7.83. The van der Waals surface area contributed by atoms with Gasteiger partial charge in [0, 0.05) is 11.8 Å². The Morgan fingerprint density at radius 2 is 2.08 bits per heavy atom. The zero-order valence-electron chi connectivity index (χ0n) is 14.3. The van der Waals surface area contributed by atoms with Crippen LogP contribution in [-0.4, -0.2) is 25.7 Å². The zero-order valence-corrected chi connectivity index (χ0v) is 14.3. The highest BCUT2D eigenvalue weighted by Crippen LogP contribution is 2.30. The van der Waals surface area contributed by atoms with Gasteiger partial charge in [0.1, 0.15) is 11.3 Å². The Hall–Kier alpha value is -2.91. The van der Waals surface area contributed by atoms with Crippen molar-refractivity contribution in [3.8, 4) is 0 Å². The number of aryl methyl sites for hydroxylation is 1. The SMILES string of the molecule is Cc1cc(C(F)(F)F)n2ncc(C(=O)NCc3cc(C(C)C)no3)c2n1. The molecule has 3 rings (SSSR count). The molecule has 0 fully saturated rings. The van der Waals surface area contributed by atoms with Gasteiger partial charge in [0.15, 0.2) is 11.4 Å². The lowest BCUT2D eigenvalue weighted by molar-refractivity contribution is -0.142. The van der Waals surface area contributed by atoms with Crippen molar-refractivity contribution in [3.05, 3.63) is 46.7 Å². The summed E-state index contributed by atoms with van der Waals surface area (Å²) in [6.07, 6.45) is -3.55. The second-order valence-electron chi connectivity index (χ2n) is 6.13. The van der Waals surface area contributed by atoms with E-state index in [0.717, 1.165) is 18.0 Å². The fourth-order valence-electron chi connectivity index (χ4n) is 2.39. The lowest BCUT2D eigenvalue weighted by Crippen LogP contribution is -2.23. The maximum absolute atomic E-state index is 13.1. The van der Waals surface area contributed by atoms with Gasteiger partial charge in [0.2, 0.25) is 0 Å². The number of alkyl halides is 3. The molecule has 3 aromatic rings. The average Bonchev–Trinajstić information content (AvgIpc) is 3.17. The molecule has 26 heavy (non-hydrogen) atoms. The first-order chi connectivity index (χ1) is 12.2. The van der Waals surface area contributed by atoms with Gasteiger partial charge in [-0.3, -0.25) is 4.79 Å². The summed E-state index contributed by atoms with van der Waals surface area (Å²) in [6, 6.07) is 2.59. The van der Waals surface area contributed by atoms with Crippen LogP contribution in [-0.2, 0) is 12.7 Å². The Balaban J connectivity index is 1.85. The number of carbonyl (C=O) groups excluding carboxylic acids is 1. The third-order valence-electron chi connectivity index (χ3n) is 3.73. The number of fused-ring (bicyclic) bond motifs is 1. The van der Waals surface area contributed by atoms with Crippen LogP contribution in [0, 0.1) is 6.92 Å². The molecule has 3 aromatic heterocycles. The Morgan fingerprint density at radius 1 is 1.35 bits per heavy atom. The van der Waals surface area contributed by atoms with Crippen molar-refractivity contribution in [2.45, 2.75) is 39.4 Å². The van der Waals surface area contributed by atoms with E-state index in [0.29, 0.717) is 10.3 Å². The molecular weight excluding hydrogens is 351 g/mol. The summed E-state index contributed by atoms with van der Waals surface area (Å²) in [6.45, 7) is 5.37. The van der Waals surface area contributed by atoms with Crippen LogP contribution in [0.4, 0.5) is 13.2 Å². The van der Waals surface area contributed by atoms with Crippen LogP contribution in [0.3, 0.4) is 0 Å². The summed E-state index contributed by atoms with van der Waals surface area (Å²) in [5, 5.41) is 10.1. The van der Waals surface area contributed by atoms with E-state index >= 15 is 0 Å². The van der Waals surface area contributed by atoms with E-state index in [4.69, 9.17) is 4.52 Å². The predicted octanol–water partition coefficient (Wildman–Crippen LogP) is 3.10. The second kappa shape index (κ2) is 6.43. The number of carbonyl (C=O) groups is 1. The first-order valence-electron chi connectivity index (χ1n) is 7.83. The number of amides is 1. The Labute approximate surface area is 146 Å². The number of hydrogen-bond acceptors (Lipinski definition) is 5. The van der Waals surface area contributed by atoms with Gasteiger partial charge in [-0.15, -0.1) is 0 Å². The highest BCUT2D eigenvalue weighted by atomic mass is 19.4. The van der Waals surface area contributed by atoms with Crippen LogP contribution in [0.1, 0.15) is 53.0 Å². The molecule has 10 heteroatoms. The molecule has 7 nitrogen and oxygen atoms in total. The molecule has 0 aliphatic carbocycles. The molecule has 0 aromatic carbocycles. The van der Waals surface area contributed by atoms with Gasteiger partial charge in [-0.05, 0) is 18.9 Å². The molecule has 1 amide bonds. The van der Waals surface area contributed by atoms with Crippen LogP contribution in [0.2, 0.25) is 0 Å². The topological polar surface area (TPSA) is 85.3 Å². The van der Waals surface area contributed by atoms with Gasteiger partial charge < -0.3 is 9.84 Å². The standard InChI is InChI=1S/C16H16F3N5O2/c1-8(2)12-5-10(26-23-12)6-20-15(25)11-7-21-24-13(16(17,18)19)4-9(3)22-14(11)24/h4-5,7-8H,6H2,1-3H3,(H,20,25). The van der Waals surface area contributed by atoms with E-state index in [-0.39, 0.29) is 29.4 Å². The van der Waals surface area contributed by atoms with E-state index in [1.807, 2.05) is 13.8 Å². The summed E-state index contributed by atoms with van der Waals surface area (Å²) < 4.78 is 45.1. The maximum atomic E-state index is 13.1. The van der Waals surface area contributed by atoms with Gasteiger partial charge in [0.25, 0.3) is 5.91 Å². The van der Waals surface area contributed by atoms with E-state index in [9.17, 15) is 18.0 Å². The fourth-order valence-corrected chi connectivity index (χ4v) is 2.39. The maximum Gasteiger partial charge on any atom is 0.433 e. The number of nitrogens with one attached hydrogen (secondary N) is 1. The van der Waals surface area contributed by atoms with E-state index < -0.39 is 17.8 Å². The summed E-state index contributed by atoms with van der Waals surface area (Å²) >= 11 is 0. The number of aromatic nitrogens is 4. The summed E-state index contributed by atoms with van der Waals surface area (Å²) in [7, 11) is 0. The Bertz CT molecular complexity index is 959. The van der Waals surface area contributed by atoms with Crippen molar-refractivity contribution in [1.82, 2.24) is 25.1 Å². The highest BCUT2D eigenvalue weighted by molar-refractivity contribution is 5.99. The molecule has 0 saturated carbocycles. The minimum atomic E-state index is -4.61. The van der Waals surface area contributed by atoms with Crippen LogP contribution >= 0.6 is 0 Å². The van der Waals surface area contributed by atoms with Crippen molar-refractivity contribution < 1.29 is 22.5 Å². The Kier molecular flexibility index (Phi) is 4.43. The van der Waals surface area contributed by atoms with Crippen molar-refractivity contribution in [2.75, 3.05) is 0 Å². The predicted molar refractivity (Wildman–Crippen MR) is 84.5 cm³/mol. The lowest BCUT2D eigenvalue weighted by atomic mass is 10.1. The van der Waals surface area contributed by atoms with Crippen molar-refractivity contribution >= 4 is 11.6 Å². The van der Waals surface area contributed by atoms with Crippen molar-refractivity contribution in [3.63, 3.8) is 0 Å². The van der Waals surface area contributed by atoms with E-state index in [2.05, 4.69) is 20.6 Å². The molecule has 1 N–H and O–H groups in total. The van der Waals surface area contributed by atoms with Gasteiger partial charge in [-0.25, -0.2) is 9.50 Å². The number of hydrogen-bond donors (Lipinski definition) is 1. The molecule has 0 spiro atoms. The highest BCUT2D eigenvalue weighted by Gasteiger charge is 2.35. The van der Waals surface area contributed by atoms with Crippen molar-refractivity contribution in [1.29, 1.82) is 0 Å².